The number of rotatable bonds is 7. The number of nitrogens with zero attached hydrogens (tertiary/aromatic N) is 1. The number of aromatic nitrogens is 2. The van der Waals surface area contributed by atoms with Gasteiger partial charge in [-0.05, 0) is 35.9 Å². The van der Waals surface area contributed by atoms with Crippen LogP contribution in [0.4, 0.5) is 0 Å². The SMILES string of the molecule is COc1cccc([C@H](CC(=O)O)NC(=O)c2cc(=O)n(-c3cccc(Cl)c3)[nH]2)c1. The van der Waals surface area contributed by atoms with Crippen LogP contribution in [0.15, 0.2) is 59.4 Å². The number of carbonyl (C=O) groups is 2. The molecule has 0 unspecified atom stereocenters. The normalized spacial score (nSPS) is 11.7. The quantitative estimate of drug-likeness (QED) is 0.549. The van der Waals surface area contributed by atoms with Crippen LogP contribution in [0.25, 0.3) is 5.69 Å². The van der Waals surface area contributed by atoms with Gasteiger partial charge < -0.3 is 15.2 Å². The van der Waals surface area contributed by atoms with Crippen molar-refractivity contribution in [2.75, 3.05) is 7.11 Å². The highest BCUT2D eigenvalue weighted by atomic mass is 35.5. The highest BCUT2D eigenvalue weighted by Gasteiger charge is 2.21. The number of carbonyl (C=O) groups excluding carboxylic acids is 1. The van der Waals surface area contributed by atoms with Gasteiger partial charge in [-0.1, -0.05) is 29.8 Å². The number of benzene rings is 2. The number of nitrogens with one attached hydrogen (secondary N) is 2. The van der Waals surface area contributed by atoms with Gasteiger partial charge in [-0.3, -0.25) is 19.5 Å². The van der Waals surface area contributed by atoms with Gasteiger partial charge in [0.1, 0.15) is 11.4 Å². The number of amides is 1. The van der Waals surface area contributed by atoms with E-state index in [1.54, 1.807) is 48.5 Å². The van der Waals surface area contributed by atoms with Crippen LogP contribution in [-0.4, -0.2) is 33.9 Å². The molecule has 0 fully saturated rings. The molecule has 9 heteroatoms. The van der Waals surface area contributed by atoms with Crippen LogP contribution in [0.2, 0.25) is 5.02 Å². The standard InChI is InChI=1S/C20H18ClN3O5/c1-29-15-7-2-4-12(8-15)16(11-19(26)27)22-20(28)17-10-18(25)24(23-17)14-6-3-5-13(21)9-14/h2-10,16,23H,11H2,1H3,(H,22,28)(H,26,27)/t16-/m0/s1. The van der Waals surface area contributed by atoms with Gasteiger partial charge in [-0.2, -0.15) is 0 Å². The summed E-state index contributed by atoms with van der Waals surface area (Å²) in [5, 5.41) is 15.0. The molecule has 8 nitrogen and oxygen atoms in total. The smallest absolute Gasteiger partial charge is 0.305 e. The van der Waals surface area contributed by atoms with Crippen LogP contribution in [0.5, 0.6) is 5.75 Å². The topological polar surface area (TPSA) is 113 Å². The number of aliphatic carboxylic acids is 1. The van der Waals surface area contributed by atoms with E-state index < -0.39 is 23.5 Å². The number of methoxy groups -OCH3 is 1. The molecule has 0 bridgehead atoms. The predicted octanol–water partition coefficient (Wildman–Crippen LogP) is 2.77. The fourth-order valence-corrected chi connectivity index (χ4v) is 3.02. The third-order valence-electron chi connectivity index (χ3n) is 4.21. The molecule has 0 radical (unpaired) electrons. The Balaban J connectivity index is 1.87. The number of carboxylic acids is 1. The average Bonchev–Trinajstić information content (AvgIpc) is 3.09. The van der Waals surface area contributed by atoms with Gasteiger partial charge in [-0.15, -0.1) is 0 Å². The summed E-state index contributed by atoms with van der Waals surface area (Å²) in [7, 11) is 1.49. The Morgan fingerprint density at radius 1 is 1.21 bits per heavy atom. The van der Waals surface area contributed by atoms with Gasteiger partial charge in [0.15, 0.2) is 0 Å². The van der Waals surface area contributed by atoms with Crippen LogP contribution < -0.4 is 15.6 Å². The molecule has 150 valence electrons. The molecule has 1 atom stereocenters. The lowest BCUT2D eigenvalue weighted by molar-refractivity contribution is -0.137. The van der Waals surface area contributed by atoms with Crippen molar-refractivity contribution < 1.29 is 19.4 Å². The Labute approximate surface area is 170 Å². The van der Waals surface area contributed by atoms with E-state index in [0.29, 0.717) is 22.0 Å². The van der Waals surface area contributed by atoms with Crippen molar-refractivity contribution in [1.29, 1.82) is 0 Å². The zero-order valence-electron chi connectivity index (χ0n) is 15.4. The zero-order valence-corrected chi connectivity index (χ0v) is 16.1. The largest absolute Gasteiger partial charge is 0.497 e. The summed E-state index contributed by atoms with van der Waals surface area (Å²) in [5.74, 6) is -1.16. The first kappa shape index (κ1) is 20.2. The molecule has 0 saturated carbocycles. The Hall–Kier alpha value is -3.52. The fourth-order valence-electron chi connectivity index (χ4n) is 2.84. The summed E-state index contributed by atoms with van der Waals surface area (Å²) in [6.45, 7) is 0. The van der Waals surface area contributed by atoms with Gasteiger partial charge in [-0.25, -0.2) is 4.68 Å². The van der Waals surface area contributed by atoms with Gasteiger partial charge in [0.05, 0.1) is 25.3 Å². The molecule has 0 aliphatic rings. The number of hydrogen-bond donors (Lipinski definition) is 3. The number of H-pyrrole nitrogens is 1. The second kappa shape index (κ2) is 8.66. The molecular formula is C20H18ClN3O5. The van der Waals surface area contributed by atoms with Crippen LogP contribution in [0.3, 0.4) is 0 Å². The van der Waals surface area contributed by atoms with Crippen molar-refractivity contribution in [3.05, 3.63) is 81.2 Å². The van der Waals surface area contributed by atoms with E-state index in [9.17, 15) is 19.5 Å². The molecule has 2 aromatic carbocycles. The van der Waals surface area contributed by atoms with Crippen molar-refractivity contribution in [2.45, 2.75) is 12.5 Å². The highest BCUT2D eigenvalue weighted by Crippen LogP contribution is 2.22. The summed E-state index contributed by atoms with van der Waals surface area (Å²) in [6.07, 6.45) is -0.335. The molecule has 0 saturated heterocycles. The van der Waals surface area contributed by atoms with E-state index in [4.69, 9.17) is 16.3 Å². The molecule has 0 aliphatic carbocycles. The first-order valence-electron chi connectivity index (χ1n) is 8.62. The summed E-state index contributed by atoms with van der Waals surface area (Å²) in [4.78, 5) is 36.2. The van der Waals surface area contributed by atoms with Crippen molar-refractivity contribution in [2.24, 2.45) is 0 Å². The summed E-state index contributed by atoms with van der Waals surface area (Å²) >= 11 is 5.95. The van der Waals surface area contributed by atoms with Crippen LogP contribution in [0.1, 0.15) is 28.5 Å². The maximum atomic E-state index is 12.7. The van der Waals surface area contributed by atoms with E-state index >= 15 is 0 Å². The number of aromatic amines is 1. The van der Waals surface area contributed by atoms with Crippen molar-refractivity contribution in [3.8, 4) is 11.4 Å². The molecule has 1 aromatic heterocycles. The van der Waals surface area contributed by atoms with Gasteiger partial charge in [0.2, 0.25) is 0 Å². The lowest BCUT2D eigenvalue weighted by Gasteiger charge is -2.17. The van der Waals surface area contributed by atoms with E-state index in [1.165, 1.54) is 11.8 Å². The Bertz CT molecular complexity index is 1110. The molecule has 29 heavy (non-hydrogen) atoms. The maximum Gasteiger partial charge on any atom is 0.305 e. The first-order valence-corrected chi connectivity index (χ1v) is 9.00. The number of carboxylic acid groups (broad SMARTS) is 1. The molecule has 0 spiro atoms. The van der Waals surface area contributed by atoms with E-state index in [2.05, 4.69) is 10.4 Å². The maximum absolute atomic E-state index is 12.7. The Morgan fingerprint density at radius 3 is 2.66 bits per heavy atom. The van der Waals surface area contributed by atoms with Gasteiger partial charge in [0, 0.05) is 11.1 Å². The molecule has 1 heterocycles. The minimum absolute atomic E-state index is 0.00624. The first-order chi connectivity index (χ1) is 13.9. The summed E-state index contributed by atoms with van der Waals surface area (Å²) in [6, 6.07) is 13.7. The monoisotopic (exact) mass is 415 g/mol. The minimum atomic E-state index is -1.08. The molecule has 1 amide bonds. The fraction of sp³-hybridized carbons (Fsp3) is 0.150. The Kier molecular flexibility index (Phi) is 6.04. The van der Waals surface area contributed by atoms with Gasteiger partial charge >= 0.3 is 5.97 Å². The second-order valence-electron chi connectivity index (χ2n) is 6.22. The van der Waals surface area contributed by atoms with E-state index in [1.807, 2.05) is 0 Å². The summed E-state index contributed by atoms with van der Waals surface area (Å²) in [5.41, 5.74) is 0.579. The lowest BCUT2D eigenvalue weighted by Crippen LogP contribution is -2.30. The van der Waals surface area contributed by atoms with Crippen molar-refractivity contribution in [3.63, 3.8) is 0 Å². The van der Waals surface area contributed by atoms with Crippen LogP contribution >= 0.6 is 11.6 Å². The molecule has 3 rings (SSSR count). The summed E-state index contributed by atoms with van der Waals surface area (Å²) < 4.78 is 6.33. The van der Waals surface area contributed by atoms with Crippen molar-refractivity contribution in [1.82, 2.24) is 15.1 Å². The van der Waals surface area contributed by atoms with Crippen LogP contribution in [-0.2, 0) is 4.79 Å². The van der Waals surface area contributed by atoms with Crippen LogP contribution in [0, 0.1) is 0 Å². The number of ether oxygens (including phenoxy) is 1. The highest BCUT2D eigenvalue weighted by molar-refractivity contribution is 6.30. The zero-order chi connectivity index (χ0) is 21.0. The number of hydrogen-bond acceptors (Lipinski definition) is 4. The third kappa shape index (κ3) is 4.85. The average molecular weight is 416 g/mol. The Morgan fingerprint density at radius 2 is 1.97 bits per heavy atom. The molecular weight excluding hydrogens is 398 g/mol. The minimum Gasteiger partial charge on any atom is -0.497 e. The predicted molar refractivity (Wildman–Crippen MR) is 107 cm³/mol. The van der Waals surface area contributed by atoms with Crippen molar-refractivity contribution >= 4 is 23.5 Å². The van der Waals surface area contributed by atoms with E-state index in [0.717, 1.165) is 6.07 Å². The second-order valence-corrected chi connectivity index (χ2v) is 6.66. The molecule has 0 aliphatic heterocycles. The number of halogens is 1. The van der Waals surface area contributed by atoms with Gasteiger partial charge in [0.25, 0.3) is 11.5 Å². The molecule has 3 aromatic rings. The van der Waals surface area contributed by atoms with E-state index in [-0.39, 0.29) is 12.1 Å². The lowest BCUT2D eigenvalue weighted by atomic mass is 10.0. The third-order valence-corrected chi connectivity index (χ3v) is 4.45. The molecule has 3 N–H and O–H groups in total.